The van der Waals surface area contributed by atoms with E-state index in [9.17, 15) is 0 Å². The van der Waals surface area contributed by atoms with Gasteiger partial charge in [-0.1, -0.05) is 196 Å². The highest BCUT2D eigenvalue weighted by Gasteiger charge is 2.53. The predicted molar refractivity (Wildman–Crippen MR) is 246 cm³/mol. The Kier molecular flexibility index (Phi) is 7.26. The standard InChI is InChI=1S/C58H41N/c1-57(2)49-27-13-9-23-43(49)46-35-33-41(37-52(46)57)59(54-30-16-12-22-42(54)39-20-7-4-8-21-39)55-31-17-26-48-47-34-32-40(38-18-5-3-6-19-38)36-53(47)58(56(48)55)50-28-14-10-24-44(50)45-25-11-15-29-51(45)58/h3-37H,1-2H3. The highest BCUT2D eigenvalue weighted by atomic mass is 15.1. The van der Waals surface area contributed by atoms with Crippen molar-refractivity contribution in [2.75, 3.05) is 4.90 Å². The number of hydrogen-bond donors (Lipinski definition) is 0. The van der Waals surface area contributed by atoms with E-state index in [4.69, 9.17) is 0 Å². The quantitative estimate of drug-likeness (QED) is 0.169. The largest absolute Gasteiger partial charge is 0.310 e. The van der Waals surface area contributed by atoms with Crippen molar-refractivity contribution < 1.29 is 0 Å². The molecule has 9 aromatic rings. The molecule has 0 aromatic heterocycles. The van der Waals surface area contributed by atoms with Crippen molar-refractivity contribution in [2.24, 2.45) is 0 Å². The lowest BCUT2D eigenvalue weighted by molar-refractivity contribution is 0.660. The Morgan fingerprint density at radius 2 is 0.797 bits per heavy atom. The van der Waals surface area contributed by atoms with E-state index in [-0.39, 0.29) is 5.41 Å². The molecule has 0 bridgehead atoms. The molecule has 1 spiro atoms. The van der Waals surface area contributed by atoms with E-state index in [1.54, 1.807) is 0 Å². The van der Waals surface area contributed by atoms with Crippen LogP contribution in [0.5, 0.6) is 0 Å². The fourth-order valence-electron chi connectivity index (χ4n) is 10.9. The maximum absolute atomic E-state index is 2.58. The Hall–Kier alpha value is -7.22. The van der Waals surface area contributed by atoms with Crippen LogP contribution in [0.4, 0.5) is 17.1 Å². The molecule has 278 valence electrons. The van der Waals surface area contributed by atoms with Gasteiger partial charge in [-0.3, -0.25) is 0 Å². The van der Waals surface area contributed by atoms with Gasteiger partial charge in [-0.15, -0.1) is 0 Å². The lowest BCUT2D eigenvalue weighted by Crippen LogP contribution is -2.28. The molecular formula is C58H41N. The van der Waals surface area contributed by atoms with E-state index in [0.717, 1.165) is 11.4 Å². The zero-order valence-electron chi connectivity index (χ0n) is 33.2. The van der Waals surface area contributed by atoms with Crippen LogP contribution in [0.25, 0.3) is 55.6 Å². The van der Waals surface area contributed by atoms with E-state index in [1.807, 2.05) is 0 Å². The fourth-order valence-corrected chi connectivity index (χ4v) is 10.9. The Bertz CT molecular complexity index is 3090. The minimum atomic E-state index is -0.564. The number of rotatable bonds is 5. The summed E-state index contributed by atoms with van der Waals surface area (Å²) in [6, 6.07) is 79.3. The number of fused-ring (bicyclic) bond motifs is 13. The fraction of sp³-hybridized carbons (Fsp3) is 0.0690. The second-order valence-corrected chi connectivity index (χ2v) is 16.8. The molecule has 0 N–H and O–H groups in total. The molecule has 0 saturated heterocycles. The molecule has 9 aromatic carbocycles. The van der Waals surface area contributed by atoms with Crippen LogP contribution in [0.15, 0.2) is 212 Å². The molecule has 0 heterocycles. The summed E-state index contributed by atoms with van der Waals surface area (Å²) >= 11 is 0. The van der Waals surface area contributed by atoms with Crippen LogP contribution in [0.2, 0.25) is 0 Å². The number of anilines is 3. The van der Waals surface area contributed by atoms with E-state index >= 15 is 0 Å². The first-order valence-corrected chi connectivity index (χ1v) is 20.8. The first kappa shape index (κ1) is 33.9. The number of hydrogen-bond acceptors (Lipinski definition) is 1. The summed E-state index contributed by atoms with van der Waals surface area (Å²) in [5.74, 6) is 0. The Labute approximate surface area is 346 Å². The lowest BCUT2D eigenvalue weighted by atomic mass is 9.69. The summed E-state index contributed by atoms with van der Waals surface area (Å²) < 4.78 is 0. The van der Waals surface area contributed by atoms with Crippen LogP contribution in [0.3, 0.4) is 0 Å². The van der Waals surface area contributed by atoms with Gasteiger partial charge in [0.2, 0.25) is 0 Å². The zero-order chi connectivity index (χ0) is 39.3. The molecule has 1 heteroatoms. The van der Waals surface area contributed by atoms with E-state index in [0.29, 0.717) is 0 Å². The first-order chi connectivity index (χ1) is 29.0. The number of nitrogens with zero attached hydrogens (tertiary/aromatic N) is 1. The van der Waals surface area contributed by atoms with Crippen LogP contribution in [-0.2, 0) is 10.8 Å². The average Bonchev–Trinajstić information content (AvgIpc) is 3.86. The topological polar surface area (TPSA) is 3.24 Å². The SMILES string of the molecule is CC1(C)c2ccccc2-c2ccc(N(c3ccccc3-c3ccccc3)c3cccc4c3C3(c5ccccc5-c5ccccc53)c3cc(-c5ccccc5)ccc3-4)cc21. The molecule has 1 nitrogen and oxygen atoms in total. The van der Waals surface area contributed by atoms with Gasteiger partial charge in [0.15, 0.2) is 0 Å². The Morgan fingerprint density at radius 3 is 1.49 bits per heavy atom. The third-order valence-corrected chi connectivity index (χ3v) is 13.5. The van der Waals surface area contributed by atoms with Crippen molar-refractivity contribution in [3.05, 3.63) is 246 Å². The van der Waals surface area contributed by atoms with Gasteiger partial charge in [0, 0.05) is 22.2 Å². The second kappa shape index (κ2) is 12.6. The summed E-state index contributed by atoms with van der Waals surface area (Å²) in [6.07, 6.45) is 0. The zero-order valence-corrected chi connectivity index (χ0v) is 33.2. The van der Waals surface area contributed by atoms with Crippen molar-refractivity contribution >= 4 is 17.1 Å². The van der Waals surface area contributed by atoms with Gasteiger partial charge >= 0.3 is 0 Å². The summed E-state index contributed by atoms with van der Waals surface area (Å²) in [4.78, 5) is 2.58. The lowest BCUT2D eigenvalue weighted by Gasteiger charge is -2.37. The maximum atomic E-state index is 2.58. The molecule has 0 saturated carbocycles. The third kappa shape index (κ3) is 4.67. The van der Waals surface area contributed by atoms with Crippen molar-refractivity contribution in [3.63, 3.8) is 0 Å². The van der Waals surface area contributed by atoms with Gasteiger partial charge < -0.3 is 4.90 Å². The van der Waals surface area contributed by atoms with Gasteiger partial charge in [0.25, 0.3) is 0 Å². The molecule has 0 unspecified atom stereocenters. The van der Waals surface area contributed by atoms with E-state index < -0.39 is 5.41 Å². The normalized spacial score (nSPS) is 14.2. The van der Waals surface area contributed by atoms with Crippen LogP contribution in [0.1, 0.15) is 47.2 Å². The van der Waals surface area contributed by atoms with Crippen LogP contribution in [0, 0.1) is 0 Å². The highest BCUT2D eigenvalue weighted by Crippen LogP contribution is 2.66. The van der Waals surface area contributed by atoms with Gasteiger partial charge in [-0.2, -0.15) is 0 Å². The van der Waals surface area contributed by atoms with Crippen molar-refractivity contribution in [1.82, 2.24) is 0 Å². The molecule has 12 rings (SSSR count). The Balaban J connectivity index is 1.20. The smallest absolute Gasteiger partial charge is 0.0746 e. The molecule has 0 amide bonds. The molecule has 0 fully saturated rings. The Morgan fingerprint density at radius 1 is 0.305 bits per heavy atom. The minimum Gasteiger partial charge on any atom is -0.310 e. The van der Waals surface area contributed by atoms with E-state index in [2.05, 4.69) is 231 Å². The third-order valence-electron chi connectivity index (χ3n) is 13.5. The summed E-state index contributed by atoms with van der Waals surface area (Å²) in [7, 11) is 0. The van der Waals surface area contributed by atoms with Crippen molar-refractivity contribution in [1.29, 1.82) is 0 Å². The average molecular weight is 752 g/mol. The molecule has 0 radical (unpaired) electrons. The van der Waals surface area contributed by atoms with Gasteiger partial charge in [0.1, 0.15) is 0 Å². The molecule has 59 heavy (non-hydrogen) atoms. The maximum Gasteiger partial charge on any atom is 0.0746 e. The van der Waals surface area contributed by atoms with Crippen LogP contribution < -0.4 is 4.90 Å². The number of para-hydroxylation sites is 1. The molecule has 3 aliphatic rings. The van der Waals surface area contributed by atoms with Crippen molar-refractivity contribution in [2.45, 2.75) is 24.7 Å². The molecule has 0 aliphatic heterocycles. The van der Waals surface area contributed by atoms with Gasteiger partial charge in [-0.05, 0) is 108 Å². The molecule has 0 atom stereocenters. The first-order valence-electron chi connectivity index (χ1n) is 20.8. The molecular weight excluding hydrogens is 711 g/mol. The minimum absolute atomic E-state index is 0.153. The second-order valence-electron chi connectivity index (χ2n) is 16.8. The predicted octanol–water partition coefficient (Wildman–Crippen LogP) is 15.1. The van der Waals surface area contributed by atoms with Crippen molar-refractivity contribution in [3.8, 4) is 55.6 Å². The van der Waals surface area contributed by atoms with E-state index in [1.165, 1.54) is 94.7 Å². The summed E-state index contributed by atoms with van der Waals surface area (Å²) in [6.45, 7) is 4.76. The van der Waals surface area contributed by atoms with Crippen LogP contribution >= 0.6 is 0 Å². The highest BCUT2D eigenvalue weighted by molar-refractivity contribution is 6.01. The number of benzene rings is 9. The summed E-state index contributed by atoms with van der Waals surface area (Å²) in [5.41, 5.74) is 23.5. The van der Waals surface area contributed by atoms with Gasteiger partial charge in [-0.25, -0.2) is 0 Å². The van der Waals surface area contributed by atoms with Gasteiger partial charge in [0.05, 0.1) is 16.8 Å². The monoisotopic (exact) mass is 751 g/mol. The molecule has 3 aliphatic carbocycles. The van der Waals surface area contributed by atoms with Crippen LogP contribution in [-0.4, -0.2) is 0 Å². The summed E-state index contributed by atoms with van der Waals surface area (Å²) in [5, 5.41) is 0.